The molecular formula is C19H29BN2O3. The molecule has 2 aliphatic rings. The van der Waals surface area contributed by atoms with Gasteiger partial charge in [0.25, 0.3) is 0 Å². The summed E-state index contributed by atoms with van der Waals surface area (Å²) < 4.78 is 12.1. The van der Waals surface area contributed by atoms with Crippen LogP contribution in [-0.2, 0) is 9.31 Å². The summed E-state index contributed by atoms with van der Waals surface area (Å²) in [6.45, 7) is 12.6. The van der Waals surface area contributed by atoms with Crippen LogP contribution < -0.4 is 5.46 Å². The standard InChI is InChI=1S/C19H29BN2O3/c1-18(2)19(3,4)25-20(24-18)16-8-6-15(7-9-16)17(23)14-22-12-10-21(5)11-13-22/h6-9H,10-14H2,1-5H3. The molecule has 0 bridgehead atoms. The highest BCUT2D eigenvalue weighted by Gasteiger charge is 2.51. The van der Waals surface area contributed by atoms with E-state index in [0.717, 1.165) is 37.2 Å². The highest BCUT2D eigenvalue weighted by Crippen LogP contribution is 2.36. The van der Waals surface area contributed by atoms with Crippen molar-refractivity contribution < 1.29 is 14.1 Å². The molecule has 25 heavy (non-hydrogen) atoms. The fourth-order valence-electron chi connectivity index (χ4n) is 3.11. The lowest BCUT2D eigenvalue weighted by Crippen LogP contribution is -2.46. The second kappa shape index (κ2) is 6.84. The first-order valence-corrected chi connectivity index (χ1v) is 9.08. The predicted molar refractivity (Wildman–Crippen MR) is 100 cm³/mol. The van der Waals surface area contributed by atoms with E-state index in [1.54, 1.807) is 0 Å². The zero-order chi connectivity index (χ0) is 18.2. The van der Waals surface area contributed by atoms with Crippen LogP contribution in [0.25, 0.3) is 0 Å². The van der Waals surface area contributed by atoms with Gasteiger partial charge in [0, 0.05) is 31.7 Å². The number of Topliss-reactive ketones (excluding diaryl/α,β-unsaturated/α-hetero) is 1. The predicted octanol–water partition coefficient (Wildman–Crippen LogP) is 1.42. The number of carbonyl (C=O) groups is 1. The number of ketones is 1. The Morgan fingerprint density at radius 2 is 1.52 bits per heavy atom. The number of carbonyl (C=O) groups excluding carboxylic acids is 1. The van der Waals surface area contributed by atoms with Gasteiger partial charge in [-0.15, -0.1) is 0 Å². The molecule has 0 spiro atoms. The summed E-state index contributed by atoms with van der Waals surface area (Å²) in [4.78, 5) is 17.0. The first-order chi connectivity index (χ1) is 11.7. The SMILES string of the molecule is CN1CCN(CC(=O)c2ccc(B3OC(C)(C)C(C)(C)O3)cc2)CC1. The van der Waals surface area contributed by atoms with Gasteiger partial charge >= 0.3 is 7.12 Å². The zero-order valence-electron chi connectivity index (χ0n) is 16.0. The van der Waals surface area contributed by atoms with Crippen LogP contribution in [0.1, 0.15) is 38.1 Å². The second-order valence-corrected chi connectivity index (χ2v) is 8.21. The van der Waals surface area contributed by atoms with E-state index in [1.165, 1.54) is 0 Å². The molecule has 0 aromatic heterocycles. The van der Waals surface area contributed by atoms with Gasteiger partial charge in [0.15, 0.2) is 5.78 Å². The maximum Gasteiger partial charge on any atom is 0.494 e. The van der Waals surface area contributed by atoms with Crippen molar-refractivity contribution in [1.82, 2.24) is 9.80 Å². The van der Waals surface area contributed by atoms with Gasteiger partial charge in [-0.1, -0.05) is 24.3 Å². The van der Waals surface area contributed by atoms with Gasteiger partial charge in [-0.25, -0.2) is 0 Å². The molecule has 2 aliphatic heterocycles. The van der Waals surface area contributed by atoms with Crippen LogP contribution in [0.2, 0.25) is 0 Å². The van der Waals surface area contributed by atoms with Crippen molar-refractivity contribution in [1.29, 1.82) is 0 Å². The summed E-state index contributed by atoms with van der Waals surface area (Å²) in [5.74, 6) is 0.171. The van der Waals surface area contributed by atoms with Crippen LogP contribution in [0.5, 0.6) is 0 Å². The molecule has 0 atom stereocenters. The van der Waals surface area contributed by atoms with E-state index in [0.29, 0.717) is 6.54 Å². The third kappa shape index (κ3) is 3.98. The third-order valence-electron chi connectivity index (χ3n) is 5.72. The van der Waals surface area contributed by atoms with Gasteiger partial charge in [0.1, 0.15) is 0 Å². The van der Waals surface area contributed by atoms with Gasteiger partial charge in [0.2, 0.25) is 0 Å². The Morgan fingerprint density at radius 3 is 2.04 bits per heavy atom. The Bertz CT molecular complexity index is 606. The number of piperazine rings is 1. The Labute approximate surface area is 151 Å². The molecule has 1 aromatic rings. The van der Waals surface area contributed by atoms with Crippen LogP contribution >= 0.6 is 0 Å². The summed E-state index contributed by atoms with van der Waals surface area (Å²) in [6, 6.07) is 7.66. The maximum atomic E-state index is 12.5. The molecule has 3 rings (SSSR count). The van der Waals surface area contributed by atoms with E-state index < -0.39 is 0 Å². The molecule has 0 N–H and O–H groups in total. The maximum absolute atomic E-state index is 12.5. The van der Waals surface area contributed by atoms with Crippen molar-refractivity contribution in [3.8, 4) is 0 Å². The van der Waals surface area contributed by atoms with Crippen molar-refractivity contribution >= 4 is 18.4 Å². The minimum atomic E-state index is -0.383. The van der Waals surface area contributed by atoms with E-state index >= 15 is 0 Å². The van der Waals surface area contributed by atoms with Crippen LogP contribution in [0.4, 0.5) is 0 Å². The average Bonchev–Trinajstić information content (AvgIpc) is 2.78. The molecule has 2 fully saturated rings. The number of benzene rings is 1. The highest BCUT2D eigenvalue weighted by molar-refractivity contribution is 6.62. The van der Waals surface area contributed by atoms with Gasteiger partial charge in [-0.05, 0) is 40.2 Å². The first-order valence-electron chi connectivity index (χ1n) is 9.08. The monoisotopic (exact) mass is 344 g/mol. The molecule has 0 saturated carbocycles. The third-order valence-corrected chi connectivity index (χ3v) is 5.72. The molecule has 0 aliphatic carbocycles. The Morgan fingerprint density at radius 1 is 1.00 bits per heavy atom. The van der Waals surface area contributed by atoms with Crippen LogP contribution in [0, 0.1) is 0 Å². The first kappa shape index (κ1) is 18.6. The summed E-state index contributed by atoms with van der Waals surface area (Å²) in [6.07, 6.45) is 0. The van der Waals surface area contributed by atoms with Crippen molar-refractivity contribution in [3.05, 3.63) is 29.8 Å². The Hall–Kier alpha value is -1.21. The molecule has 5 nitrogen and oxygen atoms in total. The van der Waals surface area contributed by atoms with Gasteiger partial charge in [-0.3, -0.25) is 9.69 Å². The van der Waals surface area contributed by atoms with E-state index in [9.17, 15) is 4.79 Å². The lowest BCUT2D eigenvalue weighted by molar-refractivity contribution is 0.00578. The average molecular weight is 344 g/mol. The topological polar surface area (TPSA) is 42.0 Å². The van der Waals surface area contributed by atoms with Crippen LogP contribution in [0.3, 0.4) is 0 Å². The quantitative estimate of drug-likeness (QED) is 0.610. The largest absolute Gasteiger partial charge is 0.494 e. The van der Waals surface area contributed by atoms with Crippen molar-refractivity contribution in [2.75, 3.05) is 39.8 Å². The highest BCUT2D eigenvalue weighted by atomic mass is 16.7. The van der Waals surface area contributed by atoms with Crippen molar-refractivity contribution in [3.63, 3.8) is 0 Å². The second-order valence-electron chi connectivity index (χ2n) is 8.21. The number of nitrogens with zero attached hydrogens (tertiary/aromatic N) is 2. The molecule has 0 amide bonds. The number of likely N-dealkylation sites (N-methyl/N-ethyl adjacent to an activating group) is 1. The fourth-order valence-corrected chi connectivity index (χ4v) is 3.11. The van der Waals surface area contributed by atoms with E-state index in [4.69, 9.17) is 9.31 Å². The lowest BCUT2D eigenvalue weighted by atomic mass is 9.78. The van der Waals surface area contributed by atoms with E-state index in [1.807, 2.05) is 52.0 Å². The molecule has 136 valence electrons. The summed E-state index contributed by atoms with van der Waals surface area (Å²) in [5, 5.41) is 0. The molecule has 0 unspecified atom stereocenters. The van der Waals surface area contributed by atoms with Crippen molar-refractivity contribution in [2.45, 2.75) is 38.9 Å². The van der Waals surface area contributed by atoms with Gasteiger partial charge in [-0.2, -0.15) is 0 Å². The van der Waals surface area contributed by atoms with Gasteiger partial charge in [0.05, 0.1) is 17.7 Å². The van der Waals surface area contributed by atoms with Crippen LogP contribution in [-0.4, -0.2) is 73.7 Å². The number of rotatable bonds is 4. The fraction of sp³-hybridized carbons (Fsp3) is 0.632. The van der Waals surface area contributed by atoms with E-state index in [2.05, 4.69) is 16.8 Å². The molecule has 6 heteroatoms. The van der Waals surface area contributed by atoms with Gasteiger partial charge < -0.3 is 14.2 Å². The molecule has 2 saturated heterocycles. The van der Waals surface area contributed by atoms with Crippen LogP contribution in [0.15, 0.2) is 24.3 Å². The minimum Gasteiger partial charge on any atom is -0.399 e. The zero-order valence-corrected chi connectivity index (χ0v) is 16.0. The number of hydrogen-bond acceptors (Lipinski definition) is 5. The molecule has 0 radical (unpaired) electrons. The number of hydrogen-bond donors (Lipinski definition) is 0. The smallest absolute Gasteiger partial charge is 0.399 e. The summed E-state index contributed by atoms with van der Waals surface area (Å²) in [7, 11) is 1.74. The molecule has 2 heterocycles. The summed E-state index contributed by atoms with van der Waals surface area (Å²) in [5.41, 5.74) is 0.996. The Balaban J connectivity index is 1.62. The van der Waals surface area contributed by atoms with E-state index in [-0.39, 0.29) is 24.1 Å². The molecule has 1 aromatic carbocycles. The van der Waals surface area contributed by atoms with Crippen molar-refractivity contribution in [2.24, 2.45) is 0 Å². The minimum absolute atomic E-state index is 0.171. The normalized spacial score (nSPS) is 23.8. The Kier molecular flexibility index (Phi) is 5.08. The lowest BCUT2D eigenvalue weighted by Gasteiger charge is -2.32. The molecular weight excluding hydrogens is 315 g/mol. The summed E-state index contributed by atoms with van der Waals surface area (Å²) >= 11 is 0.